The van der Waals surface area contributed by atoms with Gasteiger partial charge in [0.2, 0.25) is 5.91 Å². The molecule has 0 radical (unpaired) electrons. The van der Waals surface area contributed by atoms with Gasteiger partial charge in [-0.25, -0.2) is 0 Å². The third-order valence-corrected chi connectivity index (χ3v) is 4.79. The molecule has 0 aromatic heterocycles. The second kappa shape index (κ2) is 7.83. The van der Waals surface area contributed by atoms with Crippen molar-refractivity contribution in [3.63, 3.8) is 0 Å². The first-order valence-corrected chi connectivity index (χ1v) is 9.44. The fraction of sp³-hybridized carbons (Fsp3) is 0.286. The highest BCUT2D eigenvalue weighted by Gasteiger charge is 2.24. The number of amides is 3. The number of benzene rings is 2. The molecule has 0 aliphatic carbocycles. The average molecular weight is 395 g/mol. The first kappa shape index (κ1) is 18.8. The van der Waals surface area contributed by atoms with Crippen LogP contribution in [0.5, 0.6) is 11.5 Å². The van der Waals surface area contributed by atoms with Gasteiger partial charge < -0.3 is 25.0 Å². The van der Waals surface area contributed by atoms with E-state index in [0.29, 0.717) is 29.3 Å². The quantitative estimate of drug-likeness (QED) is 0.811. The lowest BCUT2D eigenvalue weighted by Crippen LogP contribution is -2.34. The number of fused-ring (bicyclic) bond motifs is 1. The van der Waals surface area contributed by atoms with Crippen LogP contribution in [0.4, 0.5) is 17.1 Å². The molecule has 8 nitrogen and oxygen atoms in total. The maximum Gasteiger partial charge on any atom is 0.265 e. The van der Waals surface area contributed by atoms with Gasteiger partial charge in [0.25, 0.3) is 11.8 Å². The van der Waals surface area contributed by atoms with Gasteiger partial charge in [-0.2, -0.15) is 0 Å². The van der Waals surface area contributed by atoms with Crippen LogP contribution < -0.4 is 25.0 Å². The van der Waals surface area contributed by atoms with Gasteiger partial charge in [0.05, 0.1) is 5.69 Å². The van der Waals surface area contributed by atoms with E-state index in [-0.39, 0.29) is 24.3 Å². The third kappa shape index (κ3) is 4.16. The normalized spacial score (nSPS) is 18.0. The number of hydrogen-bond acceptors (Lipinski definition) is 5. The Morgan fingerprint density at radius 3 is 2.76 bits per heavy atom. The summed E-state index contributed by atoms with van der Waals surface area (Å²) in [6, 6.07) is 12.1. The Balaban J connectivity index is 1.32. The number of anilines is 3. The zero-order valence-corrected chi connectivity index (χ0v) is 15.9. The van der Waals surface area contributed by atoms with Crippen molar-refractivity contribution in [2.75, 3.05) is 28.7 Å². The molecule has 150 valence electrons. The molecule has 0 bridgehead atoms. The molecular weight excluding hydrogens is 374 g/mol. The van der Waals surface area contributed by atoms with Crippen molar-refractivity contribution in [1.29, 1.82) is 0 Å². The summed E-state index contributed by atoms with van der Waals surface area (Å²) in [6.07, 6.45) is 0.899. The summed E-state index contributed by atoms with van der Waals surface area (Å²) in [5.74, 6) is 0.654. The number of nitrogens with zero attached hydrogens (tertiary/aromatic N) is 1. The predicted molar refractivity (Wildman–Crippen MR) is 107 cm³/mol. The SMILES string of the molecule is C[C@@H]1Oc2ccc(NC(=O)COc3ccc(N4CCCC4=O)cc3)cc2NC1=O. The van der Waals surface area contributed by atoms with Crippen molar-refractivity contribution in [2.45, 2.75) is 25.9 Å². The molecule has 1 atom stereocenters. The van der Waals surface area contributed by atoms with Crippen LogP contribution in [0.1, 0.15) is 19.8 Å². The lowest BCUT2D eigenvalue weighted by atomic mass is 10.2. The summed E-state index contributed by atoms with van der Waals surface area (Å²) in [7, 11) is 0. The maximum absolute atomic E-state index is 12.2. The Morgan fingerprint density at radius 2 is 2.03 bits per heavy atom. The molecule has 0 saturated carbocycles. The molecule has 2 aromatic carbocycles. The predicted octanol–water partition coefficient (Wildman–Crippen LogP) is 2.55. The third-order valence-electron chi connectivity index (χ3n) is 4.79. The minimum absolute atomic E-state index is 0.124. The summed E-state index contributed by atoms with van der Waals surface area (Å²) in [4.78, 5) is 37.4. The number of rotatable bonds is 5. The highest BCUT2D eigenvalue weighted by Crippen LogP contribution is 2.32. The fourth-order valence-electron chi connectivity index (χ4n) is 3.28. The molecule has 0 unspecified atom stereocenters. The monoisotopic (exact) mass is 395 g/mol. The number of ether oxygens (including phenoxy) is 2. The number of carbonyl (C=O) groups excluding carboxylic acids is 3. The van der Waals surface area contributed by atoms with Crippen LogP contribution in [-0.4, -0.2) is 37.0 Å². The molecule has 2 aromatic rings. The molecule has 4 rings (SSSR count). The number of carbonyl (C=O) groups is 3. The number of nitrogens with one attached hydrogen (secondary N) is 2. The smallest absolute Gasteiger partial charge is 0.265 e. The summed E-state index contributed by atoms with van der Waals surface area (Å²) >= 11 is 0. The lowest BCUT2D eigenvalue weighted by molar-refractivity contribution is -0.122. The number of hydrogen-bond donors (Lipinski definition) is 2. The molecule has 2 heterocycles. The van der Waals surface area contributed by atoms with Gasteiger partial charge in [-0.15, -0.1) is 0 Å². The summed E-state index contributed by atoms with van der Waals surface area (Å²) in [6.45, 7) is 2.23. The molecule has 8 heteroatoms. The standard InChI is InChI=1S/C21H21N3O5/c1-13-21(27)23-17-11-14(4-9-18(17)29-13)22-19(25)12-28-16-7-5-15(6-8-16)24-10-2-3-20(24)26/h4-9,11,13H,2-3,10,12H2,1H3,(H,22,25)(H,23,27)/t13-/m0/s1. The second-order valence-electron chi connectivity index (χ2n) is 6.94. The van der Waals surface area contributed by atoms with Gasteiger partial charge in [0.1, 0.15) is 11.5 Å². The lowest BCUT2D eigenvalue weighted by Gasteiger charge is -2.23. The van der Waals surface area contributed by atoms with Gasteiger partial charge in [0, 0.05) is 24.3 Å². The fourth-order valence-corrected chi connectivity index (χ4v) is 3.28. The topological polar surface area (TPSA) is 97.0 Å². The summed E-state index contributed by atoms with van der Waals surface area (Å²) in [5, 5.41) is 5.46. The molecule has 1 saturated heterocycles. The van der Waals surface area contributed by atoms with E-state index in [1.165, 1.54) is 0 Å². The van der Waals surface area contributed by atoms with E-state index in [9.17, 15) is 14.4 Å². The molecule has 2 aliphatic rings. The van der Waals surface area contributed by atoms with Crippen LogP contribution in [0.15, 0.2) is 42.5 Å². The van der Waals surface area contributed by atoms with Gasteiger partial charge in [-0.1, -0.05) is 0 Å². The first-order chi connectivity index (χ1) is 14.0. The summed E-state index contributed by atoms with van der Waals surface area (Å²) in [5.41, 5.74) is 1.87. The Hall–Kier alpha value is -3.55. The highest BCUT2D eigenvalue weighted by atomic mass is 16.5. The summed E-state index contributed by atoms with van der Waals surface area (Å²) < 4.78 is 11.0. The Morgan fingerprint density at radius 1 is 1.24 bits per heavy atom. The maximum atomic E-state index is 12.2. The van der Waals surface area contributed by atoms with Crippen molar-refractivity contribution in [2.24, 2.45) is 0 Å². The first-order valence-electron chi connectivity index (χ1n) is 9.44. The zero-order chi connectivity index (χ0) is 20.4. The van der Waals surface area contributed by atoms with Crippen molar-refractivity contribution in [1.82, 2.24) is 0 Å². The second-order valence-corrected chi connectivity index (χ2v) is 6.94. The van der Waals surface area contributed by atoms with Crippen LogP contribution in [0.25, 0.3) is 0 Å². The largest absolute Gasteiger partial charge is 0.484 e. The molecule has 3 amide bonds. The van der Waals surface area contributed by atoms with E-state index in [2.05, 4.69) is 10.6 Å². The molecule has 29 heavy (non-hydrogen) atoms. The molecule has 1 fully saturated rings. The van der Waals surface area contributed by atoms with Crippen LogP contribution in [0.2, 0.25) is 0 Å². The van der Waals surface area contributed by atoms with Gasteiger partial charge in [-0.3, -0.25) is 14.4 Å². The van der Waals surface area contributed by atoms with Crippen LogP contribution in [0, 0.1) is 0 Å². The molecular formula is C21H21N3O5. The van der Waals surface area contributed by atoms with E-state index in [0.717, 1.165) is 18.7 Å². The van der Waals surface area contributed by atoms with Crippen molar-refractivity contribution >= 4 is 34.8 Å². The van der Waals surface area contributed by atoms with Crippen LogP contribution in [0.3, 0.4) is 0 Å². The van der Waals surface area contributed by atoms with E-state index < -0.39 is 6.10 Å². The Bertz CT molecular complexity index is 957. The molecule has 2 aliphatic heterocycles. The molecule has 2 N–H and O–H groups in total. The van der Waals surface area contributed by atoms with Gasteiger partial charge in [0.15, 0.2) is 12.7 Å². The van der Waals surface area contributed by atoms with Crippen LogP contribution in [-0.2, 0) is 14.4 Å². The minimum Gasteiger partial charge on any atom is -0.484 e. The Labute approximate surface area is 167 Å². The minimum atomic E-state index is -0.550. The van der Waals surface area contributed by atoms with Crippen LogP contribution >= 0.6 is 0 Å². The van der Waals surface area contributed by atoms with E-state index in [1.54, 1.807) is 42.2 Å². The van der Waals surface area contributed by atoms with Crippen molar-refractivity contribution in [3.05, 3.63) is 42.5 Å². The highest BCUT2D eigenvalue weighted by molar-refractivity contribution is 5.99. The van der Waals surface area contributed by atoms with E-state index in [1.807, 2.05) is 12.1 Å². The molecule has 0 spiro atoms. The van der Waals surface area contributed by atoms with Gasteiger partial charge >= 0.3 is 0 Å². The van der Waals surface area contributed by atoms with E-state index >= 15 is 0 Å². The Kier molecular flexibility index (Phi) is 5.07. The average Bonchev–Trinajstić information content (AvgIpc) is 3.14. The van der Waals surface area contributed by atoms with E-state index in [4.69, 9.17) is 9.47 Å². The van der Waals surface area contributed by atoms with Gasteiger partial charge in [-0.05, 0) is 55.8 Å². The van der Waals surface area contributed by atoms with Crippen molar-refractivity contribution < 1.29 is 23.9 Å². The van der Waals surface area contributed by atoms with Crippen molar-refractivity contribution in [3.8, 4) is 11.5 Å². The zero-order valence-electron chi connectivity index (χ0n) is 15.9.